The molecule has 0 atom stereocenters. The van der Waals surface area contributed by atoms with Crippen molar-refractivity contribution in [2.24, 2.45) is 0 Å². The summed E-state index contributed by atoms with van der Waals surface area (Å²) in [4.78, 5) is 31.7. The number of anilines is 1. The van der Waals surface area contributed by atoms with Crippen LogP contribution in [0, 0.1) is 25.5 Å². The predicted octanol–water partition coefficient (Wildman–Crippen LogP) is 7.85. The SMILES string of the molecule is COc1ccc(-c2cc3c(-c4c(C)nn(Cc5cc(F)cc(F)c5)c4C)cn(C(=O)OC(C)(C)C)c3nc2C2CC2)cc1N(CC(=O)OC(C)(C)C)[SH](=O)=O. The molecule has 0 N–H and O–H groups in total. The van der Waals surface area contributed by atoms with Gasteiger partial charge in [-0.1, -0.05) is 6.07 Å². The molecule has 15 heteroatoms. The maximum absolute atomic E-state index is 14.1. The van der Waals surface area contributed by atoms with E-state index >= 15 is 0 Å². The molecule has 3 heterocycles. The molecule has 1 fully saturated rings. The summed E-state index contributed by atoms with van der Waals surface area (Å²) in [6.45, 7) is 13.6. The lowest BCUT2D eigenvalue weighted by atomic mass is 9.97. The number of rotatable bonds is 10. The van der Waals surface area contributed by atoms with Gasteiger partial charge in [0.1, 0.15) is 40.8 Å². The Labute approximate surface area is 320 Å². The van der Waals surface area contributed by atoms with Gasteiger partial charge in [0.15, 0.2) is 0 Å². The first-order valence-corrected chi connectivity index (χ1v) is 19.0. The molecule has 292 valence electrons. The predicted molar refractivity (Wildman–Crippen MR) is 205 cm³/mol. The molecule has 1 aliphatic rings. The number of benzene rings is 2. The van der Waals surface area contributed by atoms with Crippen molar-refractivity contribution in [2.75, 3.05) is 18.0 Å². The zero-order chi connectivity index (χ0) is 40.1. The van der Waals surface area contributed by atoms with Crippen LogP contribution in [0.3, 0.4) is 0 Å². The third-order valence-corrected chi connectivity index (χ3v) is 9.68. The van der Waals surface area contributed by atoms with Gasteiger partial charge in [0.05, 0.1) is 30.7 Å². The molecule has 2 aromatic carbocycles. The Morgan fingerprint density at radius 1 is 0.927 bits per heavy atom. The minimum Gasteiger partial charge on any atom is -0.495 e. The lowest BCUT2D eigenvalue weighted by Crippen LogP contribution is -2.34. The molecule has 0 amide bonds. The number of carbonyl (C=O) groups excluding carboxylic acids is 2. The molecule has 0 saturated heterocycles. The van der Waals surface area contributed by atoms with Crippen molar-refractivity contribution >= 4 is 39.7 Å². The van der Waals surface area contributed by atoms with Crippen LogP contribution in [0.15, 0.2) is 48.7 Å². The summed E-state index contributed by atoms with van der Waals surface area (Å²) in [7, 11) is -1.89. The molecule has 5 aromatic rings. The summed E-state index contributed by atoms with van der Waals surface area (Å²) in [5.41, 5.74) is 3.85. The van der Waals surface area contributed by atoms with Gasteiger partial charge in [-0.2, -0.15) is 5.10 Å². The molecular weight excluding hydrogens is 733 g/mol. The van der Waals surface area contributed by atoms with Crippen molar-refractivity contribution in [1.29, 1.82) is 0 Å². The van der Waals surface area contributed by atoms with Gasteiger partial charge in [-0.05, 0) is 110 Å². The minimum absolute atomic E-state index is 0.0716. The van der Waals surface area contributed by atoms with E-state index in [0.717, 1.165) is 23.2 Å². The number of methoxy groups -OCH3 is 1. The summed E-state index contributed by atoms with van der Waals surface area (Å²) in [6.07, 6.45) is 2.75. The number of halogens is 2. The van der Waals surface area contributed by atoms with Crippen molar-refractivity contribution < 1.29 is 41.0 Å². The molecule has 0 radical (unpaired) electrons. The summed E-state index contributed by atoms with van der Waals surface area (Å²) < 4.78 is 74.3. The number of hydrogen-bond donors (Lipinski definition) is 1. The van der Waals surface area contributed by atoms with E-state index in [1.165, 1.54) is 23.8 Å². The maximum Gasteiger partial charge on any atom is 0.420 e. The number of fused-ring (bicyclic) bond motifs is 1. The second-order valence-corrected chi connectivity index (χ2v) is 16.7. The van der Waals surface area contributed by atoms with E-state index in [-0.39, 0.29) is 23.9 Å². The molecule has 0 aliphatic heterocycles. The van der Waals surface area contributed by atoms with Gasteiger partial charge in [-0.15, -0.1) is 0 Å². The lowest BCUT2D eigenvalue weighted by molar-refractivity contribution is -0.152. The highest BCUT2D eigenvalue weighted by Gasteiger charge is 2.33. The van der Waals surface area contributed by atoms with Crippen molar-refractivity contribution in [1.82, 2.24) is 19.3 Å². The van der Waals surface area contributed by atoms with Gasteiger partial charge in [0.2, 0.25) is 10.9 Å². The van der Waals surface area contributed by atoms with Crippen LogP contribution in [0.5, 0.6) is 5.75 Å². The van der Waals surface area contributed by atoms with Crippen LogP contribution in [-0.4, -0.2) is 64.7 Å². The average Bonchev–Trinajstić information content (AvgIpc) is 3.79. The highest BCUT2D eigenvalue weighted by Crippen LogP contribution is 2.47. The Balaban J connectivity index is 1.55. The Morgan fingerprint density at radius 2 is 1.58 bits per heavy atom. The fourth-order valence-corrected chi connectivity index (χ4v) is 7.17. The van der Waals surface area contributed by atoms with Crippen LogP contribution in [0.25, 0.3) is 33.3 Å². The molecule has 1 aliphatic carbocycles. The van der Waals surface area contributed by atoms with Gasteiger partial charge in [-0.3, -0.25) is 13.8 Å². The monoisotopic (exact) mass is 777 g/mol. The number of thiol groups is 1. The number of aryl methyl sites for hydroxylation is 1. The molecule has 12 nitrogen and oxygen atoms in total. The normalized spacial score (nSPS) is 13.4. The van der Waals surface area contributed by atoms with Gasteiger partial charge in [0, 0.05) is 46.0 Å². The molecular formula is C40H45F2N5O7S. The average molecular weight is 778 g/mol. The smallest absolute Gasteiger partial charge is 0.420 e. The number of carbonyl (C=O) groups is 2. The van der Waals surface area contributed by atoms with Crippen molar-refractivity contribution in [3.8, 4) is 28.0 Å². The molecule has 55 heavy (non-hydrogen) atoms. The number of hydrogen-bond acceptors (Lipinski definition) is 9. The number of ether oxygens (including phenoxy) is 3. The highest BCUT2D eigenvalue weighted by atomic mass is 32.2. The topological polar surface area (TPSA) is 135 Å². The standard InChI is InChI=1S/C40H45F2N5O7S/c1-22-35(23(2)46(44-22)19-24-14-27(41)17-28(42)15-24)31-20-45(38(49)54-40(6,7)8)37-30(31)18-29(36(43-37)25-10-11-25)26-12-13-33(52-9)32(16-26)47(55(50)51)21-34(48)53-39(3,4)5/h12-18,20,25,55H,10-11,19,21H2,1-9H3. The fourth-order valence-electron chi connectivity index (χ4n) is 6.61. The van der Waals surface area contributed by atoms with Gasteiger partial charge < -0.3 is 14.2 Å². The maximum atomic E-state index is 14.1. The quantitative estimate of drug-likeness (QED) is 0.111. The molecule has 3 aromatic heterocycles. The summed E-state index contributed by atoms with van der Waals surface area (Å²) in [5.74, 6) is -1.83. The van der Waals surface area contributed by atoms with Crippen LogP contribution >= 0.6 is 0 Å². The van der Waals surface area contributed by atoms with Gasteiger partial charge >= 0.3 is 12.1 Å². The first-order chi connectivity index (χ1) is 25.7. The molecule has 0 bridgehead atoms. The molecule has 6 rings (SSSR count). The first kappa shape index (κ1) is 39.4. The molecule has 0 unspecified atom stereocenters. The Hall–Kier alpha value is -5.31. The molecule has 0 spiro atoms. The Kier molecular flexibility index (Phi) is 10.6. The second kappa shape index (κ2) is 14.7. The summed E-state index contributed by atoms with van der Waals surface area (Å²) in [6, 6.07) is 10.3. The van der Waals surface area contributed by atoms with Crippen LogP contribution in [0.1, 0.15) is 82.9 Å². The van der Waals surface area contributed by atoms with Crippen LogP contribution in [0.4, 0.5) is 19.3 Å². The third kappa shape index (κ3) is 8.66. The zero-order valence-corrected chi connectivity index (χ0v) is 33.2. The van der Waals surface area contributed by atoms with Gasteiger partial charge in [-0.25, -0.2) is 31.5 Å². The Bertz CT molecular complexity index is 2370. The lowest BCUT2D eigenvalue weighted by Gasteiger charge is -2.24. The van der Waals surface area contributed by atoms with Crippen molar-refractivity contribution in [3.05, 3.63) is 82.9 Å². The summed E-state index contributed by atoms with van der Waals surface area (Å²) >= 11 is 0. The summed E-state index contributed by atoms with van der Waals surface area (Å²) in [5, 5.41) is 5.31. The van der Waals surface area contributed by atoms with E-state index in [1.54, 1.807) is 70.6 Å². The number of aromatic nitrogens is 4. The zero-order valence-electron chi connectivity index (χ0n) is 32.3. The van der Waals surface area contributed by atoms with E-state index in [0.29, 0.717) is 55.9 Å². The minimum atomic E-state index is -3.30. The van der Waals surface area contributed by atoms with E-state index < -0.39 is 52.3 Å². The first-order valence-electron chi connectivity index (χ1n) is 17.8. The van der Waals surface area contributed by atoms with Crippen LogP contribution in [0.2, 0.25) is 0 Å². The van der Waals surface area contributed by atoms with Gasteiger partial charge in [0.25, 0.3) is 0 Å². The number of nitrogens with zero attached hydrogens (tertiary/aromatic N) is 5. The van der Waals surface area contributed by atoms with E-state index in [4.69, 9.17) is 24.3 Å². The fraction of sp³-hybridized carbons (Fsp3) is 0.400. The van der Waals surface area contributed by atoms with E-state index in [9.17, 15) is 26.8 Å². The largest absolute Gasteiger partial charge is 0.495 e. The highest BCUT2D eigenvalue weighted by molar-refractivity contribution is 7.74. The van der Waals surface area contributed by atoms with E-state index in [2.05, 4.69) is 0 Å². The van der Waals surface area contributed by atoms with Crippen molar-refractivity contribution in [3.63, 3.8) is 0 Å². The number of esters is 1. The Morgan fingerprint density at radius 3 is 2.16 bits per heavy atom. The third-order valence-electron chi connectivity index (χ3n) is 8.93. The second-order valence-electron chi connectivity index (χ2n) is 15.7. The van der Waals surface area contributed by atoms with Crippen LogP contribution < -0.4 is 9.04 Å². The van der Waals surface area contributed by atoms with E-state index in [1.807, 2.05) is 19.9 Å². The molecule has 1 saturated carbocycles. The van der Waals surface area contributed by atoms with Crippen LogP contribution in [-0.2, 0) is 31.7 Å². The number of pyridine rings is 1. The van der Waals surface area contributed by atoms with Crippen molar-refractivity contribution in [2.45, 2.75) is 91.9 Å².